The number of nitrogens with zero attached hydrogens (tertiary/aromatic N) is 1. The van der Waals surface area contributed by atoms with Gasteiger partial charge in [-0.05, 0) is 112 Å². The number of nitrogens with one attached hydrogen (secondary N) is 1. The summed E-state index contributed by atoms with van der Waals surface area (Å²) in [6.45, 7) is 7.77. The molecule has 3 heteroatoms. The Labute approximate surface area is 291 Å². The minimum Gasteiger partial charge on any atom is -0.375 e. The molecule has 2 nitrogen and oxygen atoms in total. The normalized spacial score (nSPS) is 16.1. The highest BCUT2D eigenvalue weighted by Gasteiger charge is 2.31. The van der Waals surface area contributed by atoms with Crippen molar-refractivity contribution in [2.75, 3.05) is 13.6 Å². The number of rotatable bonds is 11. The summed E-state index contributed by atoms with van der Waals surface area (Å²) >= 11 is 1.80. The van der Waals surface area contributed by atoms with E-state index >= 15 is 0 Å². The second-order valence-electron chi connectivity index (χ2n) is 13.8. The Morgan fingerprint density at radius 3 is 2.31 bits per heavy atom. The van der Waals surface area contributed by atoms with Gasteiger partial charge in [-0.15, -0.1) is 11.3 Å². The summed E-state index contributed by atoms with van der Waals surface area (Å²) in [6.07, 6.45) is 14.0. The Morgan fingerprint density at radius 1 is 0.729 bits per heavy atom. The molecule has 0 radical (unpaired) electrons. The molecule has 3 heterocycles. The van der Waals surface area contributed by atoms with Gasteiger partial charge in [-0.3, -0.25) is 0 Å². The monoisotopic (exact) mass is 648 g/mol. The smallest absolute Gasteiger partial charge is 0.0696 e. The van der Waals surface area contributed by atoms with Crippen molar-refractivity contribution in [3.05, 3.63) is 147 Å². The van der Waals surface area contributed by atoms with Crippen molar-refractivity contribution in [1.29, 1.82) is 0 Å². The van der Waals surface area contributed by atoms with Gasteiger partial charge in [0.1, 0.15) is 0 Å². The molecule has 0 saturated carbocycles. The molecule has 0 spiro atoms. The molecule has 4 aromatic carbocycles. The zero-order chi connectivity index (χ0) is 33.0. The molecule has 0 amide bonds. The van der Waals surface area contributed by atoms with Crippen LogP contribution in [0.5, 0.6) is 0 Å². The Morgan fingerprint density at radius 2 is 1.52 bits per heavy atom. The Hall–Kier alpha value is -4.34. The second-order valence-corrected chi connectivity index (χ2v) is 14.7. The molecule has 0 fully saturated rings. The average molecular weight is 649 g/mol. The Kier molecular flexibility index (Phi) is 9.68. The van der Waals surface area contributed by atoms with Crippen molar-refractivity contribution in [3.8, 4) is 11.1 Å². The molecule has 7 rings (SSSR count). The average Bonchev–Trinajstić information content (AvgIpc) is 3.65. The van der Waals surface area contributed by atoms with Crippen LogP contribution in [-0.2, 0) is 6.42 Å². The van der Waals surface area contributed by atoms with Crippen LogP contribution in [0.25, 0.3) is 38.9 Å². The standard InChI is InChI=1S/C45H48N2S/c1-5-6-7-8-9-10-15-33-16-13-19-35(26-33)38-24-31(2)45(32(3)25-38)43-29-40-39(37-22-21-34-17-11-12-18-36(34)27-37)28-41(44-20-14-23-48-44)46-42(40)30-47(43)4/h11-14,16-29,42,46H,5-10,15,30H2,1-4H3. The molecule has 2 aliphatic heterocycles. The number of aryl methyl sites for hydroxylation is 3. The highest BCUT2D eigenvalue weighted by Crippen LogP contribution is 2.40. The lowest BCUT2D eigenvalue weighted by atomic mass is 9.84. The van der Waals surface area contributed by atoms with E-state index in [1.165, 1.54) is 122 Å². The quantitative estimate of drug-likeness (QED) is 0.143. The number of fused-ring (bicyclic) bond motifs is 2. The molecule has 244 valence electrons. The van der Waals surface area contributed by atoms with Crippen molar-refractivity contribution in [2.24, 2.45) is 0 Å². The molecule has 1 unspecified atom stereocenters. The molecule has 0 saturated heterocycles. The van der Waals surface area contributed by atoms with Crippen LogP contribution < -0.4 is 5.32 Å². The fraction of sp³-hybridized carbons (Fsp3) is 0.289. The predicted octanol–water partition coefficient (Wildman–Crippen LogP) is 11.8. The van der Waals surface area contributed by atoms with Crippen molar-refractivity contribution in [3.63, 3.8) is 0 Å². The molecule has 0 aliphatic carbocycles. The number of unbranched alkanes of at least 4 members (excludes halogenated alkanes) is 5. The van der Waals surface area contributed by atoms with Gasteiger partial charge in [-0.1, -0.05) is 118 Å². The summed E-state index contributed by atoms with van der Waals surface area (Å²) in [4.78, 5) is 3.73. The van der Waals surface area contributed by atoms with Crippen LogP contribution in [0.2, 0.25) is 0 Å². The molecule has 1 N–H and O–H groups in total. The second kappa shape index (κ2) is 14.4. The third-order valence-electron chi connectivity index (χ3n) is 10.2. The van der Waals surface area contributed by atoms with E-state index in [-0.39, 0.29) is 6.04 Å². The van der Waals surface area contributed by atoms with Crippen molar-refractivity contribution >= 4 is 39.1 Å². The van der Waals surface area contributed by atoms with E-state index in [4.69, 9.17) is 0 Å². The SMILES string of the molecule is CCCCCCCCc1cccc(-c2cc(C)c(C3=CC4=C(c5ccc6ccccc6c5)C=C(c5cccs5)NC4CN3C)c(C)c2)c1. The summed E-state index contributed by atoms with van der Waals surface area (Å²) in [7, 11) is 2.25. The van der Waals surface area contributed by atoms with Crippen LogP contribution in [0.1, 0.15) is 78.1 Å². The lowest BCUT2D eigenvalue weighted by Gasteiger charge is -2.39. The van der Waals surface area contributed by atoms with Gasteiger partial charge in [0.15, 0.2) is 0 Å². The number of benzene rings is 4. The fourth-order valence-corrected chi connectivity index (χ4v) is 8.37. The number of likely N-dealkylation sites (N-methyl/N-ethyl adjacent to an activating group) is 1. The van der Waals surface area contributed by atoms with E-state index in [0.717, 1.165) is 6.54 Å². The van der Waals surface area contributed by atoms with E-state index in [1.54, 1.807) is 11.3 Å². The molecule has 5 aromatic rings. The Bertz CT molecular complexity index is 1990. The maximum absolute atomic E-state index is 3.92. The van der Waals surface area contributed by atoms with Crippen LogP contribution in [0.4, 0.5) is 0 Å². The number of allylic oxidation sites excluding steroid dienone is 2. The lowest BCUT2D eigenvalue weighted by molar-refractivity contribution is 0.421. The third kappa shape index (κ3) is 6.80. The third-order valence-corrected chi connectivity index (χ3v) is 11.1. The lowest BCUT2D eigenvalue weighted by Crippen LogP contribution is -2.44. The van der Waals surface area contributed by atoms with Gasteiger partial charge in [0.25, 0.3) is 0 Å². The first-order valence-electron chi connectivity index (χ1n) is 17.9. The minimum absolute atomic E-state index is 0.205. The maximum atomic E-state index is 3.92. The van der Waals surface area contributed by atoms with Crippen LogP contribution in [0.3, 0.4) is 0 Å². The minimum atomic E-state index is 0.205. The van der Waals surface area contributed by atoms with E-state index in [2.05, 4.69) is 147 Å². The first-order chi connectivity index (χ1) is 23.5. The summed E-state index contributed by atoms with van der Waals surface area (Å²) in [5.74, 6) is 0. The highest BCUT2D eigenvalue weighted by molar-refractivity contribution is 7.11. The predicted molar refractivity (Wildman–Crippen MR) is 209 cm³/mol. The molecular weight excluding hydrogens is 601 g/mol. The van der Waals surface area contributed by atoms with Crippen molar-refractivity contribution < 1.29 is 0 Å². The van der Waals surface area contributed by atoms with Crippen LogP contribution >= 0.6 is 11.3 Å². The van der Waals surface area contributed by atoms with Crippen molar-refractivity contribution in [1.82, 2.24) is 10.2 Å². The largest absolute Gasteiger partial charge is 0.375 e. The van der Waals surface area contributed by atoms with Gasteiger partial charge in [0, 0.05) is 24.9 Å². The van der Waals surface area contributed by atoms with Gasteiger partial charge in [0.05, 0.1) is 16.6 Å². The number of hydrogen-bond acceptors (Lipinski definition) is 3. The van der Waals surface area contributed by atoms with Gasteiger partial charge in [-0.2, -0.15) is 0 Å². The molecule has 1 aromatic heterocycles. The zero-order valence-corrected chi connectivity index (χ0v) is 29.8. The number of dihydropyridines is 1. The van der Waals surface area contributed by atoms with E-state index < -0.39 is 0 Å². The Balaban J connectivity index is 1.24. The molecule has 48 heavy (non-hydrogen) atoms. The van der Waals surface area contributed by atoms with E-state index in [1.807, 2.05) is 0 Å². The molecule has 2 aliphatic rings. The van der Waals surface area contributed by atoms with Gasteiger partial charge >= 0.3 is 0 Å². The van der Waals surface area contributed by atoms with E-state index in [9.17, 15) is 0 Å². The number of thiophene rings is 1. The van der Waals surface area contributed by atoms with E-state index in [0.29, 0.717) is 0 Å². The molecule has 1 atom stereocenters. The van der Waals surface area contributed by atoms with Crippen molar-refractivity contribution in [2.45, 2.75) is 71.8 Å². The first-order valence-corrected chi connectivity index (χ1v) is 18.8. The van der Waals surface area contributed by atoms with Crippen LogP contribution in [0.15, 0.2) is 114 Å². The number of hydrogen-bond donors (Lipinski definition) is 1. The summed E-state index contributed by atoms with van der Waals surface area (Å²) in [5.41, 5.74) is 14.6. The topological polar surface area (TPSA) is 15.3 Å². The van der Waals surface area contributed by atoms with Crippen LogP contribution in [0, 0.1) is 13.8 Å². The first kappa shape index (κ1) is 32.2. The maximum Gasteiger partial charge on any atom is 0.0696 e. The molecule has 0 bridgehead atoms. The summed E-state index contributed by atoms with van der Waals surface area (Å²) < 4.78 is 0. The summed E-state index contributed by atoms with van der Waals surface area (Å²) in [5, 5.41) is 8.64. The van der Waals surface area contributed by atoms with Gasteiger partial charge in [-0.25, -0.2) is 0 Å². The zero-order valence-electron chi connectivity index (χ0n) is 29.0. The molecular formula is C45H48N2S. The fourth-order valence-electron chi connectivity index (χ4n) is 7.67. The van der Waals surface area contributed by atoms with Gasteiger partial charge < -0.3 is 10.2 Å². The summed E-state index contributed by atoms with van der Waals surface area (Å²) in [6, 6.07) is 34.2. The highest BCUT2D eigenvalue weighted by atomic mass is 32.1. The van der Waals surface area contributed by atoms with Crippen LogP contribution in [-0.4, -0.2) is 24.5 Å². The van der Waals surface area contributed by atoms with Gasteiger partial charge in [0.2, 0.25) is 0 Å².